The average molecular weight is 317 g/mol. The van der Waals surface area contributed by atoms with Crippen LogP contribution in [-0.4, -0.2) is 31.1 Å². The Hall–Kier alpha value is 0.100. The van der Waals surface area contributed by atoms with Crippen molar-refractivity contribution >= 4 is 27.3 Å². The third-order valence-corrected chi connectivity index (χ3v) is 5.40. The van der Waals surface area contributed by atoms with E-state index in [9.17, 15) is 0 Å². The topological polar surface area (TPSA) is 15.3 Å². The van der Waals surface area contributed by atoms with Crippen molar-refractivity contribution in [1.82, 2.24) is 10.2 Å². The lowest BCUT2D eigenvalue weighted by atomic mass is 10.0. The Balaban J connectivity index is 1.81. The molecule has 2 nitrogen and oxygen atoms in total. The van der Waals surface area contributed by atoms with Gasteiger partial charge in [-0.15, -0.1) is 11.3 Å². The largest absolute Gasteiger partial charge is 0.313 e. The van der Waals surface area contributed by atoms with Gasteiger partial charge in [0.05, 0.1) is 0 Å². The first kappa shape index (κ1) is 13.5. The molecule has 4 heteroatoms. The fraction of sp³-hybridized carbons (Fsp3) is 0.692. The molecule has 0 saturated carbocycles. The lowest BCUT2D eigenvalue weighted by Gasteiger charge is -2.27. The molecule has 96 valence electrons. The number of thiophene rings is 1. The summed E-state index contributed by atoms with van der Waals surface area (Å²) in [5.41, 5.74) is 0. The standard InChI is InChI=1S/C13H21BrN2S/c1-10-13(14)7-12(17-10)9-16(2)8-11-5-3-4-6-15-11/h7,11,15H,3-6,8-9H2,1-2H3. The smallest absolute Gasteiger partial charge is 0.0326 e. The highest BCUT2D eigenvalue weighted by atomic mass is 79.9. The van der Waals surface area contributed by atoms with Crippen LogP contribution in [-0.2, 0) is 6.54 Å². The first-order valence-corrected chi connectivity index (χ1v) is 7.93. The van der Waals surface area contributed by atoms with Gasteiger partial charge in [0.25, 0.3) is 0 Å². The summed E-state index contributed by atoms with van der Waals surface area (Å²) < 4.78 is 1.25. The van der Waals surface area contributed by atoms with Crippen LogP contribution in [0.4, 0.5) is 0 Å². The van der Waals surface area contributed by atoms with E-state index in [0.717, 1.165) is 13.1 Å². The van der Waals surface area contributed by atoms with E-state index < -0.39 is 0 Å². The molecule has 1 aliphatic rings. The monoisotopic (exact) mass is 316 g/mol. The third-order valence-electron chi connectivity index (χ3n) is 3.28. The number of nitrogens with one attached hydrogen (secondary N) is 1. The molecular formula is C13H21BrN2S. The predicted molar refractivity (Wildman–Crippen MR) is 78.7 cm³/mol. The SMILES string of the molecule is Cc1sc(CN(C)CC2CCCCN2)cc1Br. The van der Waals surface area contributed by atoms with E-state index in [2.05, 4.69) is 46.2 Å². The van der Waals surface area contributed by atoms with Gasteiger partial charge in [0.15, 0.2) is 0 Å². The minimum atomic E-state index is 0.693. The summed E-state index contributed by atoms with van der Waals surface area (Å²) in [4.78, 5) is 5.26. The highest BCUT2D eigenvalue weighted by Crippen LogP contribution is 2.27. The van der Waals surface area contributed by atoms with Crippen molar-refractivity contribution in [3.05, 3.63) is 20.3 Å². The van der Waals surface area contributed by atoms with Crippen LogP contribution in [0.5, 0.6) is 0 Å². The first-order valence-electron chi connectivity index (χ1n) is 6.32. The van der Waals surface area contributed by atoms with Crippen LogP contribution in [0.1, 0.15) is 29.0 Å². The van der Waals surface area contributed by atoms with Gasteiger partial charge in [0, 0.05) is 33.4 Å². The molecule has 0 aromatic carbocycles. The molecule has 1 N–H and O–H groups in total. The molecule has 0 amide bonds. The van der Waals surface area contributed by atoms with E-state index in [1.54, 1.807) is 0 Å². The van der Waals surface area contributed by atoms with Gasteiger partial charge < -0.3 is 5.32 Å². The van der Waals surface area contributed by atoms with Gasteiger partial charge in [-0.05, 0) is 55.4 Å². The van der Waals surface area contributed by atoms with Crippen LogP contribution < -0.4 is 5.32 Å². The molecule has 17 heavy (non-hydrogen) atoms. The van der Waals surface area contributed by atoms with Crippen molar-refractivity contribution in [2.45, 2.75) is 38.8 Å². The van der Waals surface area contributed by atoms with Gasteiger partial charge in [0.2, 0.25) is 0 Å². The van der Waals surface area contributed by atoms with Gasteiger partial charge in [-0.25, -0.2) is 0 Å². The van der Waals surface area contributed by atoms with Crippen molar-refractivity contribution in [2.24, 2.45) is 0 Å². The third kappa shape index (κ3) is 4.05. The van der Waals surface area contributed by atoms with Gasteiger partial charge in [-0.3, -0.25) is 4.90 Å². The van der Waals surface area contributed by atoms with Gasteiger partial charge in [-0.1, -0.05) is 6.42 Å². The molecule has 2 rings (SSSR count). The molecule has 0 radical (unpaired) electrons. The summed E-state index contributed by atoms with van der Waals surface area (Å²) in [5, 5.41) is 3.60. The number of hydrogen-bond donors (Lipinski definition) is 1. The molecule has 1 aliphatic heterocycles. The fourth-order valence-corrected chi connectivity index (χ4v) is 4.06. The molecule has 1 unspecified atom stereocenters. The number of likely N-dealkylation sites (N-methyl/N-ethyl adjacent to an activating group) is 1. The Bertz CT molecular complexity index is 339. The van der Waals surface area contributed by atoms with E-state index in [-0.39, 0.29) is 0 Å². The van der Waals surface area contributed by atoms with Crippen LogP contribution in [0.15, 0.2) is 10.5 Å². The van der Waals surface area contributed by atoms with Crippen LogP contribution in [0.2, 0.25) is 0 Å². The van der Waals surface area contributed by atoms with Gasteiger partial charge in [-0.2, -0.15) is 0 Å². The minimum Gasteiger partial charge on any atom is -0.313 e. The van der Waals surface area contributed by atoms with E-state index >= 15 is 0 Å². The van der Waals surface area contributed by atoms with Crippen molar-refractivity contribution in [3.63, 3.8) is 0 Å². The minimum absolute atomic E-state index is 0.693. The maximum Gasteiger partial charge on any atom is 0.0326 e. The van der Waals surface area contributed by atoms with Crippen LogP contribution >= 0.6 is 27.3 Å². The number of halogens is 1. The molecule has 1 saturated heterocycles. The quantitative estimate of drug-likeness (QED) is 0.916. The zero-order valence-electron chi connectivity index (χ0n) is 10.6. The molecule has 1 fully saturated rings. The van der Waals surface area contributed by atoms with E-state index in [0.29, 0.717) is 6.04 Å². The van der Waals surface area contributed by atoms with Crippen molar-refractivity contribution < 1.29 is 0 Å². The summed E-state index contributed by atoms with van der Waals surface area (Å²) in [6, 6.07) is 2.95. The number of hydrogen-bond acceptors (Lipinski definition) is 3. The second-order valence-corrected chi connectivity index (χ2v) is 7.16. The Morgan fingerprint density at radius 2 is 2.35 bits per heavy atom. The highest BCUT2D eigenvalue weighted by molar-refractivity contribution is 9.10. The van der Waals surface area contributed by atoms with Crippen molar-refractivity contribution in [1.29, 1.82) is 0 Å². The Morgan fingerprint density at radius 1 is 1.53 bits per heavy atom. The normalized spacial score (nSPS) is 21.1. The van der Waals surface area contributed by atoms with Crippen LogP contribution in [0.3, 0.4) is 0 Å². The summed E-state index contributed by atoms with van der Waals surface area (Å²) in [7, 11) is 2.22. The zero-order chi connectivity index (χ0) is 12.3. The number of rotatable bonds is 4. The molecule has 1 aromatic rings. The maximum absolute atomic E-state index is 3.60. The molecule has 1 aromatic heterocycles. The van der Waals surface area contributed by atoms with Crippen LogP contribution in [0, 0.1) is 6.92 Å². The summed E-state index contributed by atoms with van der Waals surface area (Å²) in [6.07, 6.45) is 4.06. The van der Waals surface area contributed by atoms with E-state index in [4.69, 9.17) is 0 Å². The Morgan fingerprint density at radius 3 is 2.94 bits per heavy atom. The summed E-state index contributed by atoms with van der Waals surface area (Å²) >= 11 is 5.48. The molecule has 1 atom stereocenters. The highest BCUT2D eigenvalue weighted by Gasteiger charge is 2.15. The Labute approximate surface area is 117 Å². The molecule has 0 aliphatic carbocycles. The van der Waals surface area contributed by atoms with E-state index in [1.807, 2.05) is 11.3 Å². The number of piperidine rings is 1. The predicted octanol–water partition coefficient (Wildman–Crippen LogP) is 3.39. The second kappa shape index (κ2) is 6.32. The van der Waals surface area contributed by atoms with Gasteiger partial charge in [0.1, 0.15) is 0 Å². The van der Waals surface area contributed by atoms with E-state index in [1.165, 1.54) is 40.0 Å². The molecule has 0 bridgehead atoms. The summed E-state index contributed by atoms with van der Waals surface area (Å²) in [5.74, 6) is 0. The van der Waals surface area contributed by atoms with Crippen molar-refractivity contribution in [2.75, 3.05) is 20.1 Å². The summed E-state index contributed by atoms with van der Waals surface area (Å²) in [6.45, 7) is 5.59. The number of aryl methyl sites for hydroxylation is 1. The first-order chi connectivity index (χ1) is 8.15. The molecule has 2 heterocycles. The van der Waals surface area contributed by atoms with Gasteiger partial charge >= 0.3 is 0 Å². The fourth-order valence-electron chi connectivity index (χ4n) is 2.38. The lowest BCUT2D eigenvalue weighted by Crippen LogP contribution is -2.42. The molecular weight excluding hydrogens is 296 g/mol. The zero-order valence-corrected chi connectivity index (χ0v) is 13.0. The average Bonchev–Trinajstić information content (AvgIpc) is 2.59. The van der Waals surface area contributed by atoms with Crippen LogP contribution in [0.25, 0.3) is 0 Å². The lowest BCUT2D eigenvalue weighted by molar-refractivity contribution is 0.258. The maximum atomic E-state index is 3.60. The Kier molecular flexibility index (Phi) is 5.03. The van der Waals surface area contributed by atoms with Crippen molar-refractivity contribution in [3.8, 4) is 0 Å². The number of nitrogens with zero attached hydrogens (tertiary/aromatic N) is 1. The second-order valence-electron chi connectivity index (χ2n) is 4.96. The molecule has 0 spiro atoms.